The van der Waals surface area contributed by atoms with Gasteiger partial charge < -0.3 is 15.3 Å². The van der Waals surface area contributed by atoms with Crippen molar-refractivity contribution in [3.63, 3.8) is 0 Å². The van der Waals surface area contributed by atoms with Gasteiger partial charge in [0.15, 0.2) is 0 Å². The Morgan fingerprint density at radius 2 is 2.24 bits per heavy atom. The second-order valence-corrected chi connectivity index (χ2v) is 4.56. The van der Waals surface area contributed by atoms with Crippen molar-refractivity contribution in [2.75, 3.05) is 18.1 Å². The maximum atomic E-state index is 11.7. The number of carbonyl (C=O) groups excluding carboxylic acids is 1. The number of carbonyl (C=O) groups is 1. The lowest BCUT2D eigenvalue weighted by Gasteiger charge is -2.41. The highest BCUT2D eigenvalue weighted by Gasteiger charge is 2.34. The number of nitrogens with zero attached hydrogens (tertiary/aromatic N) is 1. The predicted molar refractivity (Wildman–Crippen MR) is 67.3 cm³/mol. The van der Waals surface area contributed by atoms with Crippen molar-refractivity contribution in [1.29, 1.82) is 0 Å². The molecule has 0 aromatic heterocycles. The molecule has 0 radical (unpaired) electrons. The van der Waals surface area contributed by atoms with Gasteiger partial charge in [-0.15, -0.1) is 0 Å². The number of amides is 1. The van der Waals surface area contributed by atoms with Gasteiger partial charge in [0.05, 0.1) is 17.3 Å². The minimum absolute atomic E-state index is 0.102. The molecule has 1 aromatic rings. The van der Waals surface area contributed by atoms with E-state index in [1.807, 2.05) is 30.0 Å². The maximum absolute atomic E-state index is 11.7. The molecule has 1 aliphatic heterocycles. The van der Waals surface area contributed by atoms with Crippen LogP contribution in [0.5, 0.6) is 0 Å². The minimum Gasteiger partial charge on any atom is -0.394 e. The summed E-state index contributed by atoms with van der Waals surface area (Å²) in [6, 6.07) is 6.89. The Hall–Kier alpha value is -1.26. The topological polar surface area (TPSA) is 52.6 Å². The molecular formula is C12H15ClN2O2. The third kappa shape index (κ3) is 2.23. The van der Waals surface area contributed by atoms with E-state index in [0.717, 1.165) is 5.69 Å². The van der Waals surface area contributed by atoms with E-state index in [2.05, 4.69) is 5.32 Å². The molecule has 0 aliphatic carbocycles. The molecular weight excluding hydrogens is 240 g/mol. The summed E-state index contributed by atoms with van der Waals surface area (Å²) in [7, 11) is 0. The molecule has 1 aliphatic rings. The Kier molecular flexibility index (Phi) is 3.54. The van der Waals surface area contributed by atoms with E-state index in [1.165, 1.54) is 0 Å². The summed E-state index contributed by atoms with van der Waals surface area (Å²) in [5.41, 5.74) is 0.788. The average Bonchev–Trinajstić information content (AvgIpc) is 2.33. The summed E-state index contributed by atoms with van der Waals surface area (Å²) in [5, 5.41) is 12.7. The number of para-hydroxylation sites is 1. The lowest BCUT2D eigenvalue weighted by atomic mass is 10.1. The van der Waals surface area contributed by atoms with Gasteiger partial charge in [-0.2, -0.15) is 0 Å². The quantitative estimate of drug-likeness (QED) is 0.829. The van der Waals surface area contributed by atoms with Gasteiger partial charge in [0.25, 0.3) is 0 Å². The molecule has 1 aromatic carbocycles. The molecule has 1 amide bonds. The molecule has 0 saturated carbocycles. The van der Waals surface area contributed by atoms with E-state index in [9.17, 15) is 9.90 Å². The molecule has 0 bridgehead atoms. The Bertz CT molecular complexity index is 425. The van der Waals surface area contributed by atoms with E-state index < -0.39 is 6.04 Å². The van der Waals surface area contributed by atoms with Crippen LogP contribution in [-0.2, 0) is 4.79 Å². The number of anilines is 1. The van der Waals surface area contributed by atoms with Crippen molar-refractivity contribution < 1.29 is 9.90 Å². The Labute approximate surface area is 105 Å². The van der Waals surface area contributed by atoms with Crippen molar-refractivity contribution >= 4 is 23.2 Å². The van der Waals surface area contributed by atoms with Crippen LogP contribution in [-0.4, -0.2) is 36.2 Å². The molecule has 2 rings (SSSR count). The normalized spacial score (nSPS) is 24.6. The average molecular weight is 255 g/mol. The summed E-state index contributed by atoms with van der Waals surface area (Å²) in [6.07, 6.45) is 0. The third-order valence-electron chi connectivity index (χ3n) is 2.99. The van der Waals surface area contributed by atoms with E-state index in [4.69, 9.17) is 11.6 Å². The van der Waals surface area contributed by atoms with Gasteiger partial charge in [0, 0.05) is 12.6 Å². The van der Waals surface area contributed by atoms with Gasteiger partial charge in [-0.25, -0.2) is 0 Å². The standard InChI is InChI=1S/C12H15ClN2O2/c1-8-6-14-12(17)11(7-16)15(8)10-5-3-2-4-9(10)13/h2-5,8,11,16H,6-7H2,1H3,(H,14,17). The van der Waals surface area contributed by atoms with Crippen molar-refractivity contribution in [2.24, 2.45) is 0 Å². The summed E-state index contributed by atoms with van der Waals surface area (Å²) in [4.78, 5) is 13.6. The second-order valence-electron chi connectivity index (χ2n) is 4.15. The van der Waals surface area contributed by atoms with Gasteiger partial charge in [-0.05, 0) is 19.1 Å². The zero-order valence-electron chi connectivity index (χ0n) is 9.56. The van der Waals surface area contributed by atoms with Gasteiger partial charge in [-0.1, -0.05) is 23.7 Å². The number of piperazine rings is 1. The number of aliphatic hydroxyl groups excluding tert-OH is 1. The highest BCUT2D eigenvalue weighted by Crippen LogP contribution is 2.29. The summed E-state index contributed by atoms with van der Waals surface area (Å²) >= 11 is 6.14. The molecule has 17 heavy (non-hydrogen) atoms. The number of rotatable bonds is 2. The lowest BCUT2D eigenvalue weighted by Crippen LogP contribution is -2.61. The van der Waals surface area contributed by atoms with Crippen LogP contribution >= 0.6 is 11.6 Å². The predicted octanol–water partition coefficient (Wildman–Crippen LogP) is 1.03. The molecule has 0 spiro atoms. The Balaban J connectivity index is 2.39. The highest BCUT2D eigenvalue weighted by atomic mass is 35.5. The maximum Gasteiger partial charge on any atom is 0.245 e. The molecule has 2 atom stereocenters. The smallest absolute Gasteiger partial charge is 0.245 e. The van der Waals surface area contributed by atoms with Gasteiger partial charge in [0.2, 0.25) is 5.91 Å². The van der Waals surface area contributed by atoms with E-state index >= 15 is 0 Å². The van der Waals surface area contributed by atoms with Gasteiger partial charge >= 0.3 is 0 Å². The molecule has 1 saturated heterocycles. The molecule has 4 nitrogen and oxygen atoms in total. The SMILES string of the molecule is CC1CNC(=O)C(CO)N1c1ccccc1Cl. The van der Waals surface area contributed by atoms with Crippen LogP contribution in [0.25, 0.3) is 0 Å². The van der Waals surface area contributed by atoms with Crippen LogP contribution in [0.15, 0.2) is 24.3 Å². The Morgan fingerprint density at radius 3 is 2.88 bits per heavy atom. The fourth-order valence-electron chi connectivity index (χ4n) is 2.14. The van der Waals surface area contributed by atoms with E-state index in [0.29, 0.717) is 11.6 Å². The third-order valence-corrected chi connectivity index (χ3v) is 3.31. The van der Waals surface area contributed by atoms with E-state index in [-0.39, 0.29) is 18.6 Å². The van der Waals surface area contributed by atoms with Crippen LogP contribution in [0.3, 0.4) is 0 Å². The number of halogens is 1. The van der Waals surface area contributed by atoms with Crippen molar-refractivity contribution in [3.8, 4) is 0 Å². The van der Waals surface area contributed by atoms with Crippen LogP contribution in [0.1, 0.15) is 6.92 Å². The molecule has 5 heteroatoms. The molecule has 92 valence electrons. The first-order valence-electron chi connectivity index (χ1n) is 5.56. The van der Waals surface area contributed by atoms with Crippen LogP contribution in [0, 0.1) is 0 Å². The van der Waals surface area contributed by atoms with E-state index in [1.54, 1.807) is 6.07 Å². The van der Waals surface area contributed by atoms with Crippen LogP contribution in [0.4, 0.5) is 5.69 Å². The first-order valence-corrected chi connectivity index (χ1v) is 5.94. The minimum atomic E-state index is -0.571. The number of nitrogens with one attached hydrogen (secondary N) is 1. The number of aliphatic hydroxyl groups is 1. The largest absolute Gasteiger partial charge is 0.394 e. The molecule has 2 unspecified atom stereocenters. The monoisotopic (exact) mass is 254 g/mol. The summed E-state index contributed by atoms with van der Waals surface area (Å²) in [5.74, 6) is -0.162. The van der Waals surface area contributed by atoms with Crippen LogP contribution in [0.2, 0.25) is 5.02 Å². The first-order chi connectivity index (χ1) is 8.15. The summed E-state index contributed by atoms with van der Waals surface area (Å²) < 4.78 is 0. The highest BCUT2D eigenvalue weighted by molar-refractivity contribution is 6.33. The molecule has 1 fully saturated rings. The number of hydrogen-bond donors (Lipinski definition) is 2. The van der Waals surface area contributed by atoms with Crippen molar-refractivity contribution in [1.82, 2.24) is 5.32 Å². The zero-order valence-corrected chi connectivity index (χ0v) is 10.3. The number of hydrogen-bond acceptors (Lipinski definition) is 3. The molecule has 2 N–H and O–H groups in total. The first kappa shape index (κ1) is 12.2. The lowest BCUT2D eigenvalue weighted by molar-refractivity contribution is -0.124. The number of benzene rings is 1. The van der Waals surface area contributed by atoms with Crippen molar-refractivity contribution in [3.05, 3.63) is 29.3 Å². The van der Waals surface area contributed by atoms with Crippen LogP contribution < -0.4 is 10.2 Å². The van der Waals surface area contributed by atoms with Crippen molar-refractivity contribution in [2.45, 2.75) is 19.0 Å². The second kappa shape index (κ2) is 4.94. The summed E-state index contributed by atoms with van der Waals surface area (Å²) in [6.45, 7) is 2.33. The fraction of sp³-hybridized carbons (Fsp3) is 0.417. The molecule has 1 heterocycles. The zero-order chi connectivity index (χ0) is 12.4. The Morgan fingerprint density at radius 1 is 1.53 bits per heavy atom. The van der Waals surface area contributed by atoms with Gasteiger partial charge in [-0.3, -0.25) is 4.79 Å². The fourth-order valence-corrected chi connectivity index (χ4v) is 2.37. The van der Waals surface area contributed by atoms with Gasteiger partial charge in [0.1, 0.15) is 6.04 Å².